The first-order chi connectivity index (χ1) is 17.7. The topological polar surface area (TPSA) is 84.2 Å². The van der Waals surface area contributed by atoms with Crippen molar-refractivity contribution in [3.63, 3.8) is 0 Å². The van der Waals surface area contributed by atoms with Crippen molar-refractivity contribution in [2.45, 2.75) is 58.4 Å². The molecule has 6 nitrogen and oxygen atoms in total. The van der Waals surface area contributed by atoms with Crippen molar-refractivity contribution in [2.24, 2.45) is 0 Å². The van der Waals surface area contributed by atoms with E-state index in [1.54, 1.807) is 12.1 Å². The highest BCUT2D eigenvalue weighted by atomic mass is 16.4. The molecular formula is C31H35N3O3. The van der Waals surface area contributed by atoms with Gasteiger partial charge in [-0.25, -0.2) is 0 Å². The molecule has 37 heavy (non-hydrogen) atoms. The molecule has 1 heterocycles. The van der Waals surface area contributed by atoms with Crippen molar-refractivity contribution < 1.29 is 14.7 Å². The van der Waals surface area contributed by atoms with E-state index in [1.807, 2.05) is 16.8 Å². The number of aliphatic carboxylic acids is 1. The molecule has 2 N–H and O–H groups in total. The monoisotopic (exact) mass is 497 g/mol. The third-order valence-electron chi connectivity index (χ3n) is 6.67. The maximum absolute atomic E-state index is 12.3. The lowest BCUT2D eigenvalue weighted by Crippen LogP contribution is -2.26. The lowest BCUT2D eigenvalue weighted by molar-refractivity contribution is -0.136. The van der Waals surface area contributed by atoms with Gasteiger partial charge in [0.1, 0.15) is 0 Å². The Balaban J connectivity index is 1.56. The molecular weight excluding hydrogens is 462 g/mol. The first-order valence-corrected chi connectivity index (χ1v) is 12.9. The highest BCUT2D eigenvalue weighted by molar-refractivity contribution is 5.94. The highest BCUT2D eigenvalue weighted by Crippen LogP contribution is 2.30. The second-order valence-electron chi connectivity index (χ2n) is 10.5. The van der Waals surface area contributed by atoms with Gasteiger partial charge >= 0.3 is 5.97 Å². The van der Waals surface area contributed by atoms with Crippen LogP contribution in [0.4, 0.5) is 0 Å². The third kappa shape index (κ3) is 6.26. The fourth-order valence-electron chi connectivity index (χ4n) is 4.51. The van der Waals surface area contributed by atoms with Crippen LogP contribution < -0.4 is 5.32 Å². The van der Waals surface area contributed by atoms with Crippen molar-refractivity contribution in [3.05, 3.63) is 89.6 Å². The van der Waals surface area contributed by atoms with Gasteiger partial charge in [-0.2, -0.15) is 5.10 Å². The number of benzene rings is 3. The number of carboxylic acids is 1. The van der Waals surface area contributed by atoms with E-state index in [-0.39, 0.29) is 30.3 Å². The molecule has 0 aliphatic heterocycles. The van der Waals surface area contributed by atoms with Crippen LogP contribution in [0.5, 0.6) is 0 Å². The summed E-state index contributed by atoms with van der Waals surface area (Å²) in [4.78, 5) is 23.0. The number of nitrogens with zero attached hydrogens (tertiary/aromatic N) is 2. The largest absolute Gasteiger partial charge is 0.481 e. The molecule has 192 valence electrons. The molecule has 3 aromatic carbocycles. The third-order valence-corrected chi connectivity index (χ3v) is 6.67. The number of fused-ring (bicyclic) bond motifs is 1. The quantitative estimate of drug-likeness (QED) is 0.273. The first-order valence-electron chi connectivity index (χ1n) is 12.9. The molecule has 4 rings (SSSR count). The van der Waals surface area contributed by atoms with Gasteiger partial charge in [0.05, 0.1) is 18.0 Å². The van der Waals surface area contributed by atoms with E-state index in [9.17, 15) is 9.59 Å². The summed E-state index contributed by atoms with van der Waals surface area (Å²) in [6, 6.07) is 22.7. The number of carbonyl (C=O) groups excluding carboxylic acids is 1. The number of carbonyl (C=O) groups is 2. The van der Waals surface area contributed by atoms with Crippen molar-refractivity contribution in [3.8, 4) is 11.1 Å². The van der Waals surface area contributed by atoms with Gasteiger partial charge in [-0.1, -0.05) is 76.6 Å². The van der Waals surface area contributed by atoms with Crippen molar-refractivity contribution in [1.82, 2.24) is 15.1 Å². The molecule has 0 saturated heterocycles. The summed E-state index contributed by atoms with van der Waals surface area (Å²) >= 11 is 0. The summed E-state index contributed by atoms with van der Waals surface area (Å²) in [6.45, 7) is 8.93. The minimum absolute atomic E-state index is 0.0519. The molecule has 0 radical (unpaired) electrons. The lowest BCUT2D eigenvalue weighted by atomic mass is 9.86. The summed E-state index contributed by atoms with van der Waals surface area (Å²) in [5.41, 5.74) is 6.33. The van der Waals surface area contributed by atoms with Crippen molar-refractivity contribution in [2.75, 3.05) is 6.54 Å². The lowest BCUT2D eigenvalue weighted by Gasteiger charge is -2.19. The fourth-order valence-corrected chi connectivity index (χ4v) is 4.51. The number of hydrogen-bond donors (Lipinski definition) is 2. The number of aromatic nitrogens is 2. The zero-order valence-corrected chi connectivity index (χ0v) is 22.0. The Hall–Kier alpha value is -3.93. The molecule has 0 aliphatic rings. The normalized spacial score (nSPS) is 12.4. The predicted octanol–water partition coefficient (Wildman–Crippen LogP) is 6.59. The summed E-state index contributed by atoms with van der Waals surface area (Å²) < 4.78 is 2.03. The van der Waals surface area contributed by atoms with Crippen LogP contribution in [0.15, 0.2) is 72.9 Å². The average molecular weight is 498 g/mol. The van der Waals surface area contributed by atoms with Gasteiger partial charge in [-0.3, -0.25) is 14.3 Å². The Bertz CT molecular complexity index is 1380. The van der Waals surface area contributed by atoms with Gasteiger partial charge in [-0.15, -0.1) is 0 Å². The first kappa shape index (κ1) is 26.1. The van der Waals surface area contributed by atoms with E-state index in [0.29, 0.717) is 5.56 Å². The van der Waals surface area contributed by atoms with E-state index in [0.717, 1.165) is 34.9 Å². The van der Waals surface area contributed by atoms with Crippen LogP contribution in [0.25, 0.3) is 22.0 Å². The highest BCUT2D eigenvalue weighted by Gasteiger charge is 2.17. The number of amides is 1. The van der Waals surface area contributed by atoms with Crippen LogP contribution in [-0.2, 0) is 10.2 Å². The minimum Gasteiger partial charge on any atom is -0.481 e. The van der Waals surface area contributed by atoms with Crippen LogP contribution in [0.3, 0.4) is 0 Å². The second kappa shape index (κ2) is 11.0. The minimum atomic E-state index is -0.935. The van der Waals surface area contributed by atoms with E-state index in [4.69, 9.17) is 10.2 Å². The molecule has 4 aromatic rings. The smallest absolute Gasteiger partial charge is 0.305 e. The van der Waals surface area contributed by atoms with Gasteiger partial charge < -0.3 is 10.4 Å². The number of rotatable bonds is 9. The van der Waals surface area contributed by atoms with Crippen molar-refractivity contribution in [1.29, 1.82) is 0 Å². The Labute approximate surface area is 218 Å². The van der Waals surface area contributed by atoms with Crippen LogP contribution in [0.2, 0.25) is 0 Å². The average Bonchev–Trinajstić information content (AvgIpc) is 3.30. The van der Waals surface area contributed by atoms with Crippen LogP contribution in [0, 0.1) is 0 Å². The summed E-state index contributed by atoms with van der Waals surface area (Å²) in [5.74, 6) is -1.21. The zero-order valence-electron chi connectivity index (χ0n) is 22.0. The molecule has 0 fully saturated rings. The number of carboxylic acid groups (broad SMARTS) is 1. The molecule has 6 heteroatoms. The van der Waals surface area contributed by atoms with Gasteiger partial charge in [0.2, 0.25) is 0 Å². The van der Waals surface area contributed by atoms with E-state index >= 15 is 0 Å². The Morgan fingerprint density at radius 2 is 1.65 bits per heavy atom. The van der Waals surface area contributed by atoms with Gasteiger partial charge in [-0.05, 0) is 58.4 Å². The van der Waals surface area contributed by atoms with Crippen LogP contribution in [-0.4, -0.2) is 33.3 Å². The molecule has 1 atom stereocenters. The predicted molar refractivity (Wildman–Crippen MR) is 148 cm³/mol. The number of hydrogen-bond acceptors (Lipinski definition) is 3. The van der Waals surface area contributed by atoms with E-state index in [1.165, 1.54) is 11.1 Å². The fraction of sp³-hybridized carbons (Fsp3) is 0.323. The number of nitrogens with one attached hydrogen (secondary N) is 1. The molecule has 1 unspecified atom stereocenters. The zero-order chi connectivity index (χ0) is 26.6. The van der Waals surface area contributed by atoms with Crippen LogP contribution in [0.1, 0.15) is 74.5 Å². The van der Waals surface area contributed by atoms with Gasteiger partial charge in [0.25, 0.3) is 5.91 Å². The standard InChI is InChI=1S/C31H35N3O3/c1-5-6-28(22-7-9-23(10-8-22)30(37)32-18-17-29(35)36)34-20-25-19-24(13-16-27(25)33-34)21-11-14-26(15-12-21)31(2,3)4/h7-16,19-20,28H,5-6,17-18H2,1-4H3,(H,32,37)(H,35,36). The van der Waals surface area contributed by atoms with Gasteiger partial charge in [0.15, 0.2) is 0 Å². The molecule has 0 saturated carbocycles. The summed E-state index contributed by atoms with van der Waals surface area (Å²) in [7, 11) is 0. The van der Waals surface area contributed by atoms with E-state index < -0.39 is 5.97 Å². The molecule has 0 spiro atoms. The van der Waals surface area contributed by atoms with Crippen LogP contribution >= 0.6 is 0 Å². The van der Waals surface area contributed by atoms with Gasteiger partial charge in [0, 0.05) is 23.7 Å². The maximum Gasteiger partial charge on any atom is 0.305 e. The summed E-state index contributed by atoms with van der Waals surface area (Å²) in [5, 5.41) is 17.4. The second-order valence-corrected chi connectivity index (χ2v) is 10.5. The molecule has 0 aliphatic carbocycles. The SMILES string of the molecule is CCCC(c1ccc(C(=O)NCCC(=O)O)cc1)n1cc2cc(-c3ccc(C(C)(C)C)cc3)ccc2n1. The molecule has 1 amide bonds. The maximum atomic E-state index is 12.3. The summed E-state index contributed by atoms with van der Waals surface area (Å²) in [6.07, 6.45) is 3.91. The Kier molecular flexibility index (Phi) is 7.77. The molecule has 0 bridgehead atoms. The van der Waals surface area contributed by atoms with E-state index in [2.05, 4.69) is 81.7 Å². The Morgan fingerprint density at radius 3 is 2.27 bits per heavy atom. The van der Waals surface area contributed by atoms with Crippen molar-refractivity contribution >= 4 is 22.8 Å². The molecule has 1 aromatic heterocycles. The Morgan fingerprint density at radius 1 is 0.973 bits per heavy atom.